The number of benzene rings is 3. The van der Waals surface area contributed by atoms with Gasteiger partial charge < -0.3 is 39.1 Å². The van der Waals surface area contributed by atoms with Gasteiger partial charge >= 0.3 is 5.97 Å². The van der Waals surface area contributed by atoms with E-state index in [1.807, 2.05) is 91.0 Å². The van der Waals surface area contributed by atoms with E-state index in [2.05, 4.69) is 24.5 Å². The number of esters is 1. The monoisotopic (exact) mass is 901 g/mol. The smallest absolute Gasteiger partial charge is 0.337 e. The predicted octanol–water partition coefficient (Wildman–Crippen LogP) is 10.7. The first-order valence-corrected chi connectivity index (χ1v) is 24.8. The molecule has 6 atom stereocenters. The van der Waals surface area contributed by atoms with E-state index >= 15 is 0 Å². The van der Waals surface area contributed by atoms with Gasteiger partial charge in [-0.1, -0.05) is 208 Å². The first kappa shape index (κ1) is 53.5. The summed E-state index contributed by atoms with van der Waals surface area (Å²) in [5.74, 6) is -1.23. The van der Waals surface area contributed by atoms with Crippen molar-refractivity contribution in [3.63, 3.8) is 0 Å². The van der Waals surface area contributed by atoms with Crippen LogP contribution < -0.4 is 10.6 Å². The second-order valence-electron chi connectivity index (χ2n) is 17.4. The van der Waals surface area contributed by atoms with Crippen molar-refractivity contribution in [1.82, 2.24) is 10.6 Å². The second kappa shape index (κ2) is 33.4. The Morgan fingerprint density at radius 1 is 0.538 bits per heavy atom. The van der Waals surface area contributed by atoms with Crippen molar-refractivity contribution in [2.75, 3.05) is 20.3 Å². The van der Waals surface area contributed by atoms with Crippen molar-refractivity contribution in [2.24, 2.45) is 0 Å². The van der Waals surface area contributed by atoms with Crippen LogP contribution in [0.1, 0.15) is 153 Å². The highest BCUT2D eigenvalue weighted by atomic mass is 16.7. The van der Waals surface area contributed by atoms with Crippen LogP contribution in [0.15, 0.2) is 91.0 Å². The Morgan fingerprint density at radius 3 is 1.45 bits per heavy atom. The highest BCUT2D eigenvalue weighted by Gasteiger charge is 2.52. The SMILES string of the molecule is CCCCCCCCCCCNC(=O)[C@H](CO[C@H]1O[C@H](C(=O)OC)[C@H](OCc2ccccc2)[C@H](OCc2ccccc2)[C@H]1OCc1ccccc1)NC(=O)CCCCCCCCCCC. The quantitative estimate of drug-likeness (QED) is 0.0438. The number of carbonyl (C=O) groups is 3. The van der Waals surface area contributed by atoms with Gasteiger partial charge in [0.2, 0.25) is 11.8 Å². The number of nitrogens with one attached hydrogen (secondary N) is 2. The number of hydrogen-bond acceptors (Lipinski definition) is 9. The zero-order valence-electron chi connectivity index (χ0n) is 39.8. The fourth-order valence-electron chi connectivity index (χ4n) is 8.11. The molecule has 0 bridgehead atoms. The molecule has 1 aliphatic rings. The Labute approximate surface area is 390 Å². The van der Waals surface area contributed by atoms with Crippen LogP contribution in [-0.2, 0) is 62.6 Å². The minimum Gasteiger partial charge on any atom is -0.467 e. The standard InChI is InChI=1S/C54H80N2O9/c1-4-6-8-10-12-14-16-18-29-37-47(57)56-46(52(58)55-38-30-19-17-15-13-11-9-7-5-2)42-64-54-51(63-41-45-35-27-22-28-36-45)49(62-40-44-33-25-21-26-34-44)48(50(65-54)53(59)60-3)61-39-43-31-23-20-24-32-43/h20-28,31-36,46,48-51,54H,4-19,29-30,37-42H2,1-3H3,(H,55,58)(H,56,57)/t46-,48+,49-,50-,51+,54-/m0/s1. The second-order valence-corrected chi connectivity index (χ2v) is 17.4. The van der Waals surface area contributed by atoms with Crippen molar-refractivity contribution < 1.29 is 42.8 Å². The molecule has 0 spiro atoms. The van der Waals surface area contributed by atoms with E-state index in [0.29, 0.717) is 13.0 Å². The molecule has 3 aromatic rings. The minimum absolute atomic E-state index is 0.163. The van der Waals surface area contributed by atoms with Gasteiger partial charge in [0.25, 0.3) is 0 Å². The fourth-order valence-corrected chi connectivity index (χ4v) is 8.11. The number of hydrogen-bond donors (Lipinski definition) is 2. The van der Waals surface area contributed by atoms with Crippen molar-refractivity contribution >= 4 is 17.8 Å². The molecule has 360 valence electrons. The van der Waals surface area contributed by atoms with Crippen molar-refractivity contribution in [3.8, 4) is 0 Å². The summed E-state index contributed by atoms with van der Waals surface area (Å²) < 4.78 is 38.2. The molecule has 1 heterocycles. The van der Waals surface area contributed by atoms with E-state index < -0.39 is 42.7 Å². The lowest BCUT2D eigenvalue weighted by atomic mass is 9.97. The van der Waals surface area contributed by atoms with Gasteiger partial charge in [-0.25, -0.2) is 4.79 Å². The third kappa shape index (κ3) is 21.4. The van der Waals surface area contributed by atoms with Crippen molar-refractivity contribution in [2.45, 2.75) is 192 Å². The van der Waals surface area contributed by atoms with Crippen LogP contribution in [0.2, 0.25) is 0 Å². The van der Waals surface area contributed by atoms with Crippen LogP contribution in [0.5, 0.6) is 0 Å². The molecule has 0 radical (unpaired) electrons. The summed E-state index contributed by atoms with van der Waals surface area (Å²) in [6, 6.07) is 28.1. The number of amides is 2. The fraction of sp³-hybridized carbons (Fsp3) is 0.611. The maximum absolute atomic E-state index is 13.9. The highest BCUT2D eigenvalue weighted by Crippen LogP contribution is 2.32. The van der Waals surface area contributed by atoms with Gasteiger partial charge in [-0.2, -0.15) is 0 Å². The lowest BCUT2D eigenvalue weighted by Gasteiger charge is -2.45. The number of carbonyl (C=O) groups excluding carboxylic acids is 3. The van der Waals surface area contributed by atoms with Crippen molar-refractivity contribution in [1.29, 1.82) is 0 Å². The van der Waals surface area contributed by atoms with E-state index in [9.17, 15) is 14.4 Å². The van der Waals surface area contributed by atoms with Gasteiger partial charge in [-0.15, -0.1) is 0 Å². The van der Waals surface area contributed by atoms with Gasteiger partial charge in [0.05, 0.1) is 33.5 Å². The van der Waals surface area contributed by atoms with Gasteiger partial charge in [0, 0.05) is 13.0 Å². The van der Waals surface area contributed by atoms with Crippen LogP contribution in [0, 0.1) is 0 Å². The molecule has 1 aliphatic heterocycles. The Balaban J connectivity index is 1.52. The van der Waals surface area contributed by atoms with Crippen LogP contribution in [0.3, 0.4) is 0 Å². The lowest BCUT2D eigenvalue weighted by molar-refractivity contribution is -0.320. The number of unbranched alkanes of at least 4 members (excludes halogenated alkanes) is 16. The van der Waals surface area contributed by atoms with Crippen LogP contribution >= 0.6 is 0 Å². The molecule has 65 heavy (non-hydrogen) atoms. The third-order valence-corrected chi connectivity index (χ3v) is 12.0. The Morgan fingerprint density at radius 2 is 0.969 bits per heavy atom. The van der Waals surface area contributed by atoms with E-state index in [4.69, 9.17) is 28.4 Å². The molecule has 1 saturated heterocycles. The maximum Gasteiger partial charge on any atom is 0.337 e. The summed E-state index contributed by atoms with van der Waals surface area (Å²) in [5.41, 5.74) is 2.71. The number of rotatable bonds is 35. The van der Waals surface area contributed by atoms with E-state index in [1.165, 1.54) is 84.2 Å². The van der Waals surface area contributed by atoms with Gasteiger partial charge in [-0.3, -0.25) is 9.59 Å². The molecule has 2 amide bonds. The zero-order valence-corrected chi connectivity index (χ0v) is 39.8. The normalized spacial score (nSPS) is 18.8. The largest absolute Gasteiger partial charge is 0.467 e. The lowest BCUT2D eigenvalue weighted by Crippen LogP contribution is -2.63. The molecule has 11 nitrogen and oxygen atoms in total. The van der Waals surface area contributed by atoms with Crippen molar-refractivity contribution in [3.05, 3.63) is 108 Å². The predicted molar refractivity (Wildman–Crippen MR) is 256 cm³/mol. The zero-order chi connectivity index (χ0) is 46.2. The molecule has 4 rings (SSSR count). The molecule has 0 aromatic heterocycles. The third-order valence-electron chi connectivity index (χ3n) is 12.0. The summed E-state index contributed by atoms with van der Waals surface area (Å²) in [6.07, 6.45) is 15.7. The van der Waals surface area contributed by atoms with Gasteiger partial charge in [-0.05, 0) is 29.5 Å². The summed E-state index contributed by atoms with van der Waals surface area (Å²) >= 11 is 0. The molecular weight excluding hydrogens is 821 g/mol. The average molecular weight is 901 g/mol. The van der Waals surface area contributed by atoms with E-state index in [-0.39, 0.29) is 38.2 Å². The van der Waals surface area contributed by atoms with Gasteiger partial charge in [0.15, 0.2) is 12.4 Å². The summed E-state index contributed by atoms with van der Waals surface area (Å²) in [7, 11) is 1.30. The summed E-state index contributed by atoms with van der Waals surface area (Å²) in [5, 5.41) is 6.03. The van der Waals surface area contributed by atoms with E-state index in [1.54, 1.807) is 0 Å². The molecule has 0 saturated carbocycles. The summed E-state index contributed by atoms with van der Waals surface area (Å²) in [6.45, 7) is 5.22. The first-order valence-electron chi connectivity index (χ1n) is 24.8. The Hall–Kier alpha value is -4.13. The summed E-state index contributed by atoms with van der Waals surface area (Å²) in [4.78, 5) is 41.0. The minimum atomic E-state index is -1.27. The molecule has 11 heteroatoms. The molecule has 3 aromatic carbocycles. The number of ether oxygens (including phenoxy) is 6. The molecule has 2 N–H and O–H groups in total. The van der Waals surface area contributed by atoms with Crippen LogP contribution in [0.4, 0.5) is 0 Å². The topological polar surface area (TPSA) is 131 Å². The molecular formula is C54H80N2O9. The average Bonchev–Trinajstić information content (AvgIpc) is 3.34. The van der Waals surface area contributed by atoms with Gasteiger partial charge in [0.1, 0.15) is 24.4 Å². The van der Waals surface area contributed by atoms with Crippen LogP contribution in [-0.4, -0.2) is 74.8 Å². The molecule has 1 fully saturated rings. The van der Waals surface area contributed by atoms with E-state index in [0.717, 1.165) is 55.2 Å². The first-order chi connectivity index (χ1) is 31.9. The molecule has 0 aliphatic carbocycles. The highest BCUT2D eigenvalue weighted by molar-refractivity contribution is 5.87. The Kier molecular flexibility index (Phi) is 27.4. The number of methoxy groups -OCH3 is 1. The maximum atomic E-state index is 13.9. The Bertz CT molecular complexity index is 1680. The van der Waals surface area contributed by atoms with Crippen LogP contribution in [0.25, 0.3) is 0 Å². The molecule has 0 unspecified atom stereocenters.